The van der Waals surface area contributed by atoms with Crippen LogP contribution in [0.5, 0.6) is 0 Å². The number of rotatable bonds is 3. The van der Waals surface area contributed by atoms with Gasteiger partial charge in [-0.3, -0.25) is 0 Å². The first-order chi connectivity index (χ1) is 8.33. The topological polar surface area (TPSA) is 25.2 Å². The van der Waals surface area contributed by atoms with E-state index in [1.54, 1.807) is 12.5 Å². The van der Waals surface area contributed by atoms with Crippen molar-refractivity contribution in [2.24, 2.45) is 0 Å². The minimum atomic E-state index is 0.500. The normalized spacial score (nSPS) is 18.3. The summed E-state index contributed by atoms with van der Waals surface area (Å²) in [6.45, 7) is 3.04. The van der Waals surface area contributed by atoms with Crippen molar-refractivity contribution in [2.75, 3.05) is 0 Å². The zero-order valence-corrected chi connectivity index (χ0v) is 10.1. The van der Waals surface area contributed by atoms with Gasteiger partial charge in [0.1, 0.15) is 0 Å². The molecule has 1 atom stereocenters. The van der Waals surface area contributed by atoms with E-state index in [1.165, 1.54) is 35.1 Å². The summed E-state index contributed by atoms with van der Waals surface area (Å²) in [7, 11) is 0. The smallest absolute Gasteiger partial charge is 0.0947 e. The van der Waals surface area contributed by atoms with Gasteiger partial charge in [0.25, 0.3) is 0 Å². The molecule has 17 heavy (non-hydrogen) atoms. The molecule has 0 saturated heterocycles. The SMILES string of the molecule is Cc1ccc2c(c1)C(NCc1ccoc1)CC2. The molecular formula is C15H17NO. The lowest BCUT2D eigenvalue weighted by Crippen LogP contribution is -2.18. The Hall–Kier alpha value is -1.54. The van der Waals surface area contributed by atoms with Gasteiger partial charge < -0.3 is 9.73 Å². The van der Waals surface area contributed by atoms with Crippen LogP contribution in [0.15, 0.2) is 41.2 Å². The number of hydrogen-bond acceptors (Lipinski definition) is 2. The summed E-state index contributed by atoms with van der Waals surface area (Å²) in [6.07, 6.45) is 5.93. The van der Waals surface area contributed by atoms with Crippen molar-refractivity contribution >= 4 is 0 Å². The lowest BCUT2D eigenvalue weighted by Gasteiger charge is -2.13. The highest BCUT2D eigenvalue weighted by Crippen LogP contribution is 2.31. The molecule has 1 aliphatic rings. The zero-order chi connectivity index (χ0) is 11.7. The first kappa shape index (κ1) is 10.6. The van der Waals surface area contributed by atoms with Crippen LogP contribution in [-0.4, -0.2) is 0 Å². The summed E-state index contributed by atoms with van der Waals surface area (Å²) in [5.41, 5.74) is 5.54. The van der Waals surface area contributed by atoms with Gasteiger partial charge in [0.2, 0.25) is 0 Å². The number of hydrogen-bond donors (Lipinski definition) is 1. The van der Waals surface area contributed by atoms with Gasteiger partial charge in [0.15, 0.2) is 0 Å². The van der Waals surface area contributed by atoms with Crippen molar-refractivity contribution < 1.29 is 4.42 Å². The molecule has 1 heterocycles. The lowest BCUT2D eigenvalue weighted by atomic mass is 10.0. The molecule has 2 nitrogen and oxygen atoms in total. The average Bonchev–Trinajstić information content (AvgIpc) is 2.94. The third kappa shape index (κ3) is 2.13. The van der Waals surface area contributed by atoms with Crippen LogP contribution in [0.1, 0.15) is 34.7 Å². The maximum Gasteiger partial charge on any atom is 0.0947 e. The molecule has 0 fully saturated rings. The van der Waals surface area contributed by atoms with Crippen molar-refractivity contribution in [3.8, 4) is 0 Å². The second-order valence-electron chi connectivity index (χ2n) is 4.81. The molecular weight excluding hydrogens is 210 g/mol. The average molecular weight is 227 g/mol. The van der Waals surface area contributed by atoms with Crippen LogP contribution in [0, 0.1) is 6.92 Å². The van der Waals surface area contributed by atoms with Crippen LogP contribution in [0.25, 0.3) is 0 Å². The molecule has 1 aromatic heterocycles. The Morgan fingerprint density at radius 3 is 3.12 bits per heavy atom. The van der Waals surface area contributed by atoms with Crippen LogP contribution in [0.3, 0.4) is 0 Å². The minimum Gasteiger partial charge on any atom is -0.472 e. The molecule has 0 spiro atoms. The van der Waals surface area contributed by atoms with Gasteiger partial charge in [0.05, 0.1) is 12.5 Å². The van der Waals surface area contributed by atoms with Crippen LogP contribution in [-0.2, 0) is 13.0 Å². The van der Waals surface area contributed by atoms with E-state index in [-0.39, 0.29) is 0 Å². The summed E-state index contributed by atoms with van der Waals surface area (Å²) in [5.74, 6) is 0. The molecule has 0 saturated carbocycles. The van der Waals surface area contributed by atoms with Gasteiger partial charge >= 0.3 is 0 Å². The second kappa shape index (κ2) is 4.38. The van der Waals surface area contributed by atoms with Crippen LogP contribution >= 0.6 is 0 Å². The van der Waals surface area contributed by atoms with E-state index in [2.05, 4.69) is 30.4 Å². The van der Waals surface area contributed by atoms with Gasteiger partial charge in [-0.05, 0) is 37.0 Å². The van der Waals surface area contributed by atoms with E-state index >= 15 is 0 Å². The van der Waals surface area contributed by atoms with Gasteiger partial charge in [-0.1, -0.05) is 23.8 Å². The van der Waals surface area contributed by atoms with Gasteiger partial charge in [-0.25, -0.2) is 0 Å². The molecule has 88 valence electrons. The summed E-state index contributed by atoms with van der Waals surface area (Å²) < 4.78 is 5.08. The molecule has 0 bridgehead atoms. The molecule has 2 heteroatoms. The third-order valence-electron chi connectivity index (χ3n) is 3.51. The van der Waals surface area contributed by atoms with E-state index in [1.807, 2.05) is 6.07 Å². The summed E-state index contributed by atoms with van der Waals surface area (Å²) in [6, 6.07) is 9.30. The minimum absolute atomic E-state index is 0.500. The summed E-state index contributed by atoms with van der Waals surface area (Å²) >= 11 is 0. The standard InChI is InChI=1S/C15H17NO/c1-11-2-3-13-4-5-15(14(13)8-11)16-9-12-6-7-17-10-12/h2-3,6-8,10,15-16H,4-5,9H2,1H3. The number of nitrogens with one attached hydrogen (secondary N) is 1. The Morgan fingerprint density at radius 2 is 2.29 bits per heavy atom. The molecule has 0 radical (unpaired) electrons. The van der Waals surface area contributed by atoms with Crippen molar-refractivity contribution in [1.29, 1.82) is 0 Å². The van der Waals surface area contributed by atoms with Crippen molar-refractivity contribution in [1.82, 2.24) is 5.32 Å². The highest BCUT2D eigenvalue weighted by Gasteiger charge is 2.21. The molecule has 1 N–H and O–H groups in total. The molecule has 0 aliphatic heterocycles. The van der Waals surface area contributed by atoms with Crippen LogP contribution < -0.4 is 5.32 Å². The van der Waals surface area contributed by atoms with E-state index < -0.39 is 0 Å². The van der Waals surface area contributed by atoms with Gasteiger partial charge in [-0.2, -0.15) is 0 Å². The Bertz CT molecular complexity index is 502. The molecule has 3 rings (SSSR count). The molecule has 0 amide bonds. The predicted molar refractivity (Wildman–Crippen MR) is 67.8 cm³/mol. The number of aryl methyl sites for hydroxylation is 2. The Balaban J connectivity index is 1.73. The maximum atomic E-state index is 5.08. The highest BCUT2D eigenvalue weighted by molar-refractivity contribution is 5.37. The van der Waals surface area contributed by atoms with E-state index in [0.717, 1.165) is 6.54 Å². The zero-order valence-electron chi connectivity index (χ0n) is 10.1. The van der Waals surface area contributed by atoms with E-state index in [0.29, 0.717) is 6.04 Å². The Kier molecular flexibility index (Phi) is 2.73. The Labute approximate surface area is 102 Å². The molecule has 1 aliphatic carbocycles. The second-order valence-corrected chi connectivity index (χ2v) is 4.81. The largest absolute Gasteiger partial charge is 0.472 e. The fourth-order valence-corrected chi connectivity index (χ4v) is 2.57. The quantitative estimate of drug-likeness (QED) is 0.869. The predicted octanol–water partition coefficient (Wildman–Crippen LogP) is 3.37. The number of furan rings is 1. The summed E-state index contributed by atoms with van der Waals surface area (Å²) in [5, 5.41) is 3.61. The summed E-state index contributed by atoms with van der Waals surface area (Å²) in [4.78, 5) is 0. The van der Waals surface area contributed by atoms with E-state index in [9.17, 15) is 0 Å². The van der Waals surface area contributed by atoms with Gasteiger partial charge in [0, 0.05) is 18.2 Å². The van der Waals surface area contributed by atoms with Gasteiger partial charge in [-0.15, -0.1) is 0 Å². The molecule has 1 aromatic carbocycles. The third-order valence-corrected chi connectivity index (χ3v) is 3.51. The van der Waals surface area contributed by atoms with Crippen molar-refractivity contribution in [2.45, 2.75) is 32.4 Å². The van der Waals surface area contributed by atoms with Crippen LogP contribution in [0.2, 0.25) is 0 Å². The first-order valence-electron chi connectivity index (χ1n) is 6.17. The molecule has 1 unspecified atom stereocenters. The molecule has 2 aromatic rings. The van der Waals surface area contributed by atoms with E-state index in [4.69, 9.17) is 4.42 Å². The fraction of sp³-hybridized carbons (Fsp3) is 0.333. The first-order valence-corrected chi connectivity index (χ1v) is 6.17. The number of fused-ring (bicyclic) bond motifs is 1. The van der Waals surface area contributed by atoms with Crippen LogP contribution in [0.4, 0.5) is 0 Å². The maximum absolute atomic E-state index is 5.08. The Morgan fingerprint density at radius 1 is 1.35 bits per heavy atom. The lowest BCUT2D eigenvalue weighted by molar-refractivity contribution is 0.521. The fourth-order valence-electron chi connectivity index (χ4n) is 2.57. The monoisotopic (exact) mass is 227 g/mol. The van der Waals surface area contributed by atoms with Crippen molar-refractivity contribution in [3.63, 3.8) is 0 Å². The number of benzene rings is 1. The highest BCUT2D eigenvalue weighted by atomic mass is 16.3. The van der Waals surface area contributed by atoms with Crippen molar-refractivity contribution in [3.05, 3.63) is 59.0 Å².